The van der Waals surface area contributed by atoms with E-state index in [1.807, 2.05) is 0 Å². The number of aryl methyl sites for hydroxylation is 3. The lowest BCUT2D eigenvalue weighted by Gasteiger charge is -2.36. The number of hydrogen-bond acceptors (Lipinski definition) is 0. The Labute approximate surface area is 173 Å². The summed E-state index contributed by atoms with van der Waals surface area (Å²) in [6.07, 6.45) is 0. The predicted octanol–water partition coefficient (Wildman–Crippen LogP) is 7.28. The van der Waals surface area contributed by atoms with Gasteiger partial charge in [0.1, 0.15) is 0 Å². The van der Waals surface area contributed by atoms with Gasteiger partial charge >= 0.3 is 0 Å². The van der Waals surface area contributed by atoms with Crippen LogP contribution in [0.15, 0.2) is 84.9 Å². The van der Waals surface area contributed by atoms with Crippen LogP contribution in [0.5, 0.6) is 0 Å². The fourth-order valence-electron chi connectivity index (χ4n) is 5.12. The van der Waals surface area contributed by atoms with E-state index in [4.69, 9.17) is 0 Å². The van der Waals surface area contributed by atoms with Gasteiger partial charge in [-0.05, 0) is 83.3 Å². The van der Waals surface area contributed by atoms with Crippen molar-refractivity contribution in [2.24, 2.45) is 0 Å². The molecule has 0 fully saturated rings. The van der Waals surface area contributed by atoms with Gasteiger partial charge in [-0.1, -0.05) is 84.9 Å². The molecule has 0 radical (unpaired) electrons. The van der Waals surface area contributed by atoms with Crippen LogP contribution in [0.25, 0.3) is 11.1 Å². The van der Waals surface area contributed by atoms with Crippen LogP contribution < -0.4 is 0 Å². The molecular formula is C29H26. The topological polar surface area (TPSA) is 0 Å². The van der Waals surface area contributed by atoms with Gasteiger partial charge in [0.25, 0.3) is 0 Å². The lowest BCUT2D eigenvalue weighted by Crippen LogP contribution is -2.30. The molecule has 1 aliphatic carbocycles. The van der Waals surface area contributed by atoms with Crippen LogP contribution >= 0.6 is 0 Å². The first-order valence-electron chi connectivity index (χ1n) is 10.4. The van der Waals surface area contributed by atoms with Gasteiger partial charge in [-0.25, -0.2) is 0 Å². The van der Waals surface area contributed by atoms with Gasteiger partial charge in [0.2, 0.25) is 0 Å². The van der Waals surface area contributed by atoms with Crippen LogP contribution in [0.1, 0.15) is 44.5 Å². The first-order chi connectivity index (χ1) is 14.0. The highest BCUT2D eigenvalue weighted by atomic mass is 14.5. The molecule has 0 aliphatic heterocycles. The molecule has 0 N–H and O–H groups in total. The summed E-state index contributed by atoms with van der Waals surface area (Å²) in [6.45, 7) is 8.92. The van der Waals surface area contributed by atoms with Gasteiger partial charge < -0.3 is 0 Å². The molecule has 4 aromatic rings. The standard InChI is InChI=1S/C29H26/c1-19-16-17-23(18-21(19)3)29(26-15-9-10-20(2)22(26)4)27-13-7-5-11-24(27)25-12-6-8-14-28(25)29/h5-18H,1-4H3. The third-order valence-corrected chi connectivity index (χ3v) is 6.90. The maximum absolute atomic E-state index is 2.40. The molecule has 0 saturated heterocycles. The van der Waals surface area contributed by atoms with Crippen LogP contribution in [0.2, 0.25) is 0 Å². The molecule has 0 bridgehead atoms. The van der Waals surface area contributed by atoms with Crippen molar-refractivity contribution in [2.75, 3.05) is 0 Å². The summed E-state index contributed by atoms with van der Waals surface area (Å²) >= 11 is 0. The first kappa shape index (κ1) is 17.9. The van der Waals surface area contributed by atoms with Gasteiger partial charge in [-0.15, -0.1) is 0 Å². The van der Waals surface area contributed by atoms with E-state index in [1.165, 1.54) is 55.6 Å². The van der Waals surface area contributed by atoms with E-state index in [0.29, 0.717) is 0 Å². The SMILES string of the molecule is Cc1ccc(C2(c3cccc(C)c3C)c3ccccc3-c3ccccc32)cc1C. The second kappa shape index (κ2) is 6.46. The minimum Gasteiger partial charge on any atom is -0.0619 e. The molecule has 5 rings (SSSR count). The van der Waals surface area contributed by atoms with E-state index in [-0.39, 0.29) is 5.41 Å². The Kier molecular flexibility index (Phi) is 3.99. The van der Waals surface area contributed by atoms with Gasteiger partial charge in [0.05, 0.1) is 5.41 Å². The average molecular weight is 375 g/mol. The Morgan fingerprint density at radius 3 is 1.69 bits per heavy atom. The summed E-state index contributed by atoms with van der Waals surface area (Å²) < 4.78 is 0. The number of fused-ring (bicyclic) bond motifs is 3. The molecule has 0 aromatic heterocycles. The highest BCUT2D eigenvalue weighted by Gasteiger charge is 2.46. The number of rotatable bonds is 2. The molecule has 0 unspecified atom stereocenters. The predicted molar refractivity (Wildman–Crippen MR) is 123 cm³/mol. The molecule has 0 heterocycles. The van der Waals surface area contributed by atoms with Crippen molar-refractivity contribution in [3.8, 4) is 11.1 Å². The molecular weight excluding hydrogens is 348 g/mol. The van der Waals surface area contributed by atoms with Gasteiger partial charge in [-0.3, -0.25) is 0 Å². The van der Waals surface area contributed by atoms with E-state index in [1.54, 1.807) is 0 Å². The monoisotopic (exact) mass is 374 g/mol. The molecule has 0 amide bonds. The molecule has 4 aromatic carbocycles. The minimum absolute atomic E-state index is 0.290. The van der Waals surface area contributed by atoms with Crippen LogP contribution in [0.4, 0.5) is 0 Å². The van der Waals surface area contributed by atoms with Crippen LogP contribution in [0.3, 0.4) is 0 Å². The maximum atomic E-state index is 2.40. The van der Waals surface area contributed by atoms with E-state index in [9.17, 15) is 0 Å². The van der Waals surface area contributed by atoms with Crippen molar-refractivity contribution < 1.29 is 0 Å². The third kappa shape index (κ3) is 2.39. The Bertz CT molecular complexity index is 1200. The fraction of sp³-hybridized carbons (Fsp3) is 0.172. The summed E-state index contributed by atoms with van der Waals surface area (Å²) in [4.78, 5) is 0. The van der Waals surface area contributed by atoms with Crippen molar-refractivity contribution in [3.05, 3.63) is 129 Å². The average Bonchev–Trinajstić information content (AvgIpc) is 3.04. The van der Waals surface area contributed by atoms with E-state index >= 15 is 0 Å². The number of hydrogen-bond donors (Lipinski definition) is 0. The Balaban J connectivity index is 2.00. The quantitative estimate of drug-likeness (QED) is 0.304. The third-order valence-electron chi connectivity index (χ3n) is 6.90. The summed E-state index contributed by atoms with van der Waals surface area (Å²) in [5, 5.41) is 0. The van der Waals surface area contributed by atoms with Gasteiger partial charge in [-0.2, -0.15) is 0 Å². The van der Waals surface area contributed by atoms with Crippen LogP contribution in [-0.4, -0.2) is 0 Å². The van der Waals surface area contributed by atoms with E-state index in [2.05, 4.69) is 113 Å². The Hall–Kier alpha value is -3.12. The Morgan fingerprint density at radius 2 is 1.07 bits per heavy atom. The molecule has 1 aliphatic rings. The van der Waals surface area contributed by atoms with Crippen molar-refractivity contribution in [1.82, 2.24) is 0 Å². The van der Waals surface area contributed by atoms with Crippen molar-refractivity contribution in [1.29, 1.82) is 0 Å². The summed E-state index contributed by atoms with van der Waals surface area (Å²) in [5.41, 5.74) is 13.3. The van der Waals surface area contributed by atoms with Gasteiger partial charge in [0, 0.05) is 0 Å². The fourth-order valence-corrected chi connectivity index (χ4v) is 5.12. The highest BCUT2D eigenvalue weighted by Crippen LogP contribution is 2.56. The second-order valence-electron chi connectivity index (χ2n) is 8.39. The normalized spacial score (nSPS) is 13.8. The maximum Gasteiger partial charge on any atom is 0.0716 e. The molecule has 0 saturated carbocycles. The van der Waals surface area contributed by atoms with Crippen molar-refractivity contribution in [3.63, 3.8) is 0 Å². The summed E-state index contributed by atoms with van der Waals surface area (Å²) in [6, 6.07) is 31.7. The largest absolute Gasteiger partial charge is 0.0716 e. The first-order valence-corrected chi connectivity index (χ1v) is 10.4. The lowest BCUT2D eigenvalue weighted by atomic mass is 9.66. The zero-order chi connectivity index (χ0) is 20.2. The summed E-state index contributed by atoms with van der Waals surface area (Å²) in [7, 11) is 0. The van der Waals surface area contributed by atoms with Crippen LogP contribution in [0, 0.1) is 27.7 Å². The zero-order valence-electron chi connectivity index (χ0n) is 17.6. The van der Waals surface area contributed by atoms with Crippen molar-refractivity contribution >= 4 is 0 Å². The molecule has 0 nitrogen and oxygen atoms in total. The molecule has 0 heteroatoms. The van der Waals surface area contributed by atoms with E-state index < -0.39 is 0 Å². The molecule has 29 heavy (non-hydrogen) atoms. The minimum atomic E-state index is -0.290. The van der Waals surface area contributed by atoms with Gasteiger partial charge in [0.15, 0.2) is 0 Å². The van der Waals surface area contributed by atoms with E-state index in [0.717, 1.165) is 0 Å². The lowest BCUT2D eigenvalue weighted by molar-refractivity contribution is 0.757. The number of benzene rings is 4. The Morgan fingerprint density at radius 1 is 0.483 bits per heavy atom. The van der Waals surface area contributed by atoms with Crippen LogP contribution in [-0.2, 0) is 5.41 Å². The van der Waals surface area contributed by atoms with Crippen molar-refractivity contribution in [2.45, 2.75) is 33.1 Å². The molecule has 0 atom stereocenters. The zero-order valence-corrected chi connectivity index (χ0v) is 17.6. The molecule has 142 valence electrons. The highest BCUT2D eigenvalue weighted by molar-refractivity contribution is 5.86. The summed E-state index contributed by atoms with van der Waals surface area (Å²) in [5.74, 6) is 0. The smallest absolute Gasteiger partial charge is 0.0619 e. The molecule has 0 spiro atoms. The second-order valence-corrected chi connectivity index (χ2v) is 8.39.